The zero-order chi connectivity index (χ0) is 8.10. The fraction of sp³-hybridized carbons (Fsp3) is 0.778. The van der Waals surface area contributed by atoms with Crippen molar-refractivity contribution in [2.45, 2.75) is 13.3 Å². The van der Waals surface area contributed by atoms with Crippen LogP contribution in [0.3, 0.4) is 0 Å². The van der Waals surface area contributed by atoms with Gasteiger partial charge in [-0.05, 0) is 20.4 Å². The lowest BCUT2D eigenvalue weighted by atomic mass is 10.1. The molecule has 0 aromatic carbocycles. The van der Waals surface area contributed by atoms with Crippen LogP contribution in [0.4, 0.5) is 0 Å². The molecule has 1 N–H and O–H groups in total. The predicted molar refractivity (Wildman–Crippen MR) is 48.7 cm³/mol. The highest BCUT2D eigenvalue weighted by Gasteiger charge is 2.06. The van der Waals surface area contributed by atoms with E-state index in [1.54, 1.807) is 5.57 Å². The molecule has 1 aliphatic rings. The number of hydrogen-bond donors (Lipinski definition) is 1. The van der Waals surface area contributed by atoms with Crippen LogP contribution in [0.5, 0.6) is 0 Å². The highest BCUT2D eigenvalue weighted by Crippen LogP contribution is 2.08. The lowest BCUT2D eigenvalue weighted by Crippen LogP contribution is -2.33. The summed E-state index contributed by atoms with van der Waals surface area (Å²) < 4.78 is 0. The number of hydrogen-bond acceptors (Lipinski definition) is 2. The first-order chi connectivity index (χ1) is 5.33. The van der Waals surface area contributed by atoms with Crippen LogP contribution in [0.15, 0.2) is 11.6 Å². The molecule has 0 bridgehead atoms. The predicted octanol–water partition coefficient (Wildman–Crippen LogP) is 0.858. The Bertz CT molecular complexity index is 140. The van der Waals surface area contributed by atoms with Gasteiger partial charge in [-0.1, -0.05) is 11.6 Å². The van der Waals surface area contributed by atoms with E-state index in [0.29, 0.717) is 0 Å². The highest BCUT2D eigenvalue weighted by molar-refractivity contribution is 5.03. The van der Waals surface area contributed by atoms with E-state index in [1.807, 2.05) is 7.05 Å². The summed E-state index contributed by atoms with van der Waals surface area (Å²) in [6.07, 6.45) is 3.59. The van der Waals surface area contributed by atoms with Crippen LogP contribution in [-0.2, 0) is 0 Å². The molecule has 2 nitrogen and oxygen atoms in total. The van der Waals surface area contributed by atoms with E-state index in [4.69, 9.17) is 0 Å². The zero-order valence-corrected chi connectivity index (χ0v) is 7.56. The van der Waals surface area contributed by atoms with Gasteiger partial charge < -0.3 is 5.32 Å². The molecule has 0 radical (unpaired) electrons. The minimum Gasteiger partial charge on any atom is -0.318 e. The van der Waals surface area contributed by atoms with Crippen molar-refractivity contribution in [3.8, 4) is 0 Å². The van der Waals surface area contributed by atoms with Gasteiger partial charge in [-0.2, -0.15) is 0 Å². The summed E-state index contributed by atoms with van der Waals surface area (Å²) in [5, 5.41) is 3.16. The molecule has 0 fully saturated rings. The van der Waals surface area contributed by atoms with Gasteiger partial charge in [0.15, 0.2) is 0 Å². The molecule has 0 unspecified atom stereocenters. The van der Waals surface area contributed by atoms with Crippen molar-refractivity contribution in [1.82, 2.24) is 10.2 Å². The van der Waals surface area contributed by atoms with Crippen LogP contribution < -0.4 is 5.32 Å². The summed E-state index contributed by atoms with van der Waals surface area (Å²) >= 11 is 0. The molecule has 1 heterocycles. The van der Waals surface area contributed by atoms with Gasteiger partial charge in [0.2, 0.25) is 0 Å². The molecule has 2 heteroatoms. The molecule has 64 valence electrons. The Morgan fingerprint density at radius 3 is 3.00 bits per heavy atom. The second kappa shape index (κ2) is 4.52. The maximum atomic E-state index is 3.16. The molecule has 0 spiro atoms. The molecule has 1 rings (SSSR count). The second-order valence-corrected chi connectivity index (χ2v) is 3.20. The number of nitrogens with one attached hydrogen (secondary N) is 1. The largest absolute Gasteiger partial charge is 0.318 e. The van der Waals surface area contributed by atoms with Gasteiger partial charge in [0, 0.05) is 26.2 Å². The van der Waals surface area contributed by atoms with Crippen molar-refractivity contribution in [2.24, 2.45) is 0 Å². The molecular weight excluding hydrogens is 136 g/mol. The second-order valence-electron chi connectivity index (χ2n) is 3.20. The van der Waals surface area contributed by atoms with Crippen LogP contribution in [0.2, 0.25) is 0 Å². The molecule has 0 amide bonds. The topological polar surface area (TPSA) is 15.3 Å². The Kier molecular flexibility index (Phi) is 3.60. The Hall–Kier alpha value is -0.340. The molecule has 0 aromatic heterocycles. The van der Waals surface area contributed by atoms with E-state index in [0.717, 1.165) is 13.1 Å². The van der Waals surface area contributed by atoms with Crippen LogP contribution >= 0.6 is 0 Å². The van der Waals surface area contributed by atoms with Crippen molar-refractivity contribution >= 4 is 0 Å². The summed E-state index contributed by atoms with van der Waals surface area (Å²) in [7, 11) is 2.00. The monoisotopic (exact) mass is 154 g/mol. The van der Waals surface area contributed by atoms with E-state index in [1.165, 1.54) is 19.5 Å². The summed E-state index contributed by atoms with van der Waals surface area (Å²) in [5.74, 6) is 0. The lowest BCUT2D eigenvalue weighted by Gasteiger charge is -2.24. The summed E-state index contributed by atoms with van der Waals surface area (Å²) in [5.41, 5.74) is 1.55. The Balaban J connectivity index is 2.18. The van der Waals surface area contributed by atoms with Gasteiger partial charge in [0.25, 0.3) is 0 Å². The minimum atomic E-state index is 1.10. The normalized spacial score (nSPS) is 20.0. The van der Waals surface area contributed by atoms with E-state index in [-0.39, 0.29) is 0 Å². The Labute approximate surface area is 69.3 Å². The van der Waals surface area contributed by atoms with Crippen molar-refractivity contribution < 1.29 is 0 Å². The van der Waals surface area contributed by atoms with Crippen molar-refractivity contribution in [3.63, 3.8) is 0 Å². The Morgan fingerprint density at radius 2 is 2.45 bits per heavy atom. The van der Waals surface area contributed by atoms with Gasteiger partial charge in [-0.25, -0.2) is 0 Å². The van der Waals surface area contributed by atoms with Crippen LogP contribution in [0.25, 0.3) is 0 Å². The standard InChI is InChI=1S/C9H18N2/c1-9-3-6-11(7-4-9)8-5-10-2/h3,10H,4-8H2,1-2H3. The molecule has 0 aromatic rings. The molecule has 0 aliphatic carbocycles. The number of likely N-dealkylation sites (N-methyl/N-ethyl adjacent to an activating group) is 1. The summed E-state index contributed by atoms with van der Waals surface area (Å²) in [6, 6.07) is 0. The molecule has 0 atom stereocenters. The first-order valence-electron chi connectivity index (χ1n) is 4.35. The van der Waals surface area contributed by atoms with Crippen LogP contribution in [0.1, 0.15) is 13.3 Å². The average molecular weight is 154 g/mol. The minimum absolute atomic E-state index is 1.10. The SMILES string of the molecule is CNCCN1CC=C(C)CC1. The first kappa shape index (κ1) is 8.75. The molecule has 1 aliphatic heterocycles. The van der Waals surface area contributed by atoms with E-state index >= 15 is 0 Å². The van der Waals surface area contributed by atoms with Gasteiger partial charge in [0.1, 0.15) is 0 Å². The first-order valence-corrected chi connectivity index (χ1v) is 4.35. The molecule has 0 saturated carbocycles. The smallest absolute Gasteiger partial charge is 0.0166 e. The molecule has 0 saturated heterocycles. The number of rotatable bonds is 3. The number of nitrogens with zero attached hydrogens (tertiary/aromatic N) is 1. The maximum Gasteiger partial charge on any atom is 0.0166 e. The molecule has 11 heavy (non-hydrogen) atoms. The van der Waals surface area contributed by atoms with Gasteiger partial charge in [0.05, 0.1) is 0 Å². The fourth-order valence-electron chi connectivity index (χ4n) is 1.29. The van der Waals surface area contributed by atoms with E-state index in [9.17, 15) is 0 Å². The third kappa shape index (κ3) is 3.04. The van der Waals surface area contributed by atoms with E-state index in [2.05, 4.69) is 23.2 Å². The van der Waals surface area contributed by atoms with Gasteiger partial charge in [-0.15, -0.1) is 0 Å². The summed E-state index contributed by atoms with van der Waals surface area (Å²) in [6.45, 7) is 6.89. The quantitative estimate of drug-likeness (QED) is 0.606. The zero-order valence-electron chi connectivity index (χ0n) is 7.56. The van der Waals surface area contributed by atoms with Crippen LogP contribution in [0, 0.1) is 0 Å². The van der Waals surface area contributed by atoms with Crippen molar-refractivity contribution in [2.75, 3.05) is 33.2 Å². The van der Waals surface area contributed by atoms with E-state index < -0.39 is 0 Å². The average Bonchev–Trinajstić information content (AvgIpc) is 2.04. The highest BCUT2D eigenvalue weighted by atomic mass is 15.1. The van der Waals surface area contributed by atoms with Crippen molar-refractivity contribution in [3.05, 3.63) is 11.6 Å². The van der Waals surface area contributed by atoms with Gasteiger partial charge in [-0.3, -0.25) is 4.90 Å². The lowest BCUT2D eigenvalue weighted by molar-refractivity contribution is 0.296. The van der Waals surface area contributed by atoms with Gasteiger partial charge >= 0.3 is 0 Å². The Morgan fingerprint density at radius 1 is 1.64 bits per heavy atom. The van der Waals surface area contributed by atoms with Crippen LogP contribution in [-0.4, -0.2) is 38.1 Å². The fourth-order valence-corrected chi connectivity index (χ4v) is 1.29. The summed E-state index contributed by atoms with van der Waals surface area (Å²) in [4.78, 5) is 2.48. The third-order valence-corrected chi connectivity index (χ3v) is 2.20. The van der Waals surface area contributed by atoms with Crippen molar-refractivity contribution in [1.29, 1.82) is 0 Å². The molecular formula is C9H18N2. The maximum absolute atomic E-state index is 3.16. The third-order valence-electron chi connectivity index (χ3n) is 2.20.